The zero-order chi connectivity index (χ0) is 29.1. The molecule has 208 valence electrons. The predicted molar refractivity (Wildman–Crippen MR) is 169 cm³/mol. The molecular weight excluding hydrogens is 486 g/mol. The summed E-state index contributed by atoms with van der Waals surface area (Å²) < 4.78 is 9.99. The molecule has 0 spiro atoms. The van der Waals surface area contributed by atoms with Crippen molar-refractivity contribution in [2.24, 2.45) is 0 Å². The summed E-state index contributed by atoms with van der Waals surface area (Å²) in [5.74, 6) is 2.12. The van der Waals surface area contributed by atoms with Crippen molar-refractivity contribution in [3.8, 4) is 0 Å². The first-order valence-corrected chi connectivity index (χ1v) is 15.7. The molecule has 2 rings (SSSR count). The van der Waals surface area contributed by atoms with E-state index in [0.29, 0.717) is 0 Å². The molecular formula is C32H50BN2O2P. The fourth-order valence-electron chi connectivity index (χ4n) is 6.44. The first kappa shape index (κ1) is 32.4. The topological polar surface area (TPSA) is 32.8 Å². The van der Waals surface area contributed by atoms with Gasteiger partial charge in [-0.3, -0.25) is 0 Å². The Labute approximate surface area is 233 Å². The summed E-state index contributed by atoms with van der Waals surface area (Å²) in [5.41, 5.74) is 11.5. The number of aryl methyl sites for hydroxylation is 6. The van der Waals surface area contributed by atoms with Crippen LogP contribution in [-0.2, 0) is 9.24 Å². The fraction of sp³-hybridized carbons (Fsp3) is 0.562. The van der Waals surface area contributed by atoms with Crippen LogP contribution < -0.4 is 10.8 Å². The van der Waals surface area contributed by atoms with Crippen LogP contribution in [-0.4, -0.2) is 52.1 Å². The number of nitrogens with zero attached hydrogens (tertiary/aromatic N) is 2. The third kappa shape index (κ3) is 6.66. The van der Waals surface area contributed by atoms with Gasteiger partial charge in [0.15, 0.2) is 5.94 Å². The second-order valence-electron chi connectivity index (χ2n) is 12.0. The van der Waals surface area contributed by atoms with Crippen molar-refractivity contribution in [2.75, 3.05) is 0 Å². The Balaban J connectivity index is 3.16. The molecule has 38 heavy (non-hydrogen) atoms. The van der Waals surface area contributed by atoms with E-state index in [4.69, 9.17) is 4.44 Å². The second kappa shape index (κ2) is 13.0. The van der Waals surface area contributed by atoms with Crippen molar-refractivity contribution in [3.63, 3.8) is 0 Å². The van der Waals surface area contributed by atoms with E-state index in [1.54, 1.807) is 0 Å². The molecule has 0 aliphatic heterocycles. The summed E-state index contributed by atoms with van der Waals surface area (Å²) in [5, 5.41) is 1.08. The zero-order valence-corrected chi connectivity index (χ0v) is 27.2. The fourth-order valence-corrected chi connectivity index (χ4v) is 10.2. The average Bonchev–Trinajstić information content (AvgIpc) is 2.71. The SMILES string of the molecule is Cc1cc(C)c(B(OP(=C=C=O)(c2c(C)cc(C)cc2C)N(C(C)C)C(C)C)N(C(C)C)C(C)C)c(C)c1. The molecule has 4 nitrogen and oxygen atoms in total. The maximum Gasteiger partial charge on any atom is 0.424 e. The van der Waals surface area contributed by atoms with E-state index in [1.165, 1.54) is 27.7 Å². The molecule has 0 amide bonds. The van der Waals surface area contributed by atoms with Crippen molar-refractivity contribution in [1.29, 1.82) is 0 Å². The standard InChI is InChI=1S/C32H50BN2O2P/c1-21(2)34(22(3)4)33(31-27(11)17-25(9)18-28(31)12)37-38(16-15-36,35(23(5)6)24(7)8)32-29(13)19-26(10)20-30(32)14/h17-24H,1-14H3. The number of hydrogen-bond donors (Lipinski definition) is 0. The van der Waals surface area contributed by atoms with E-state index in [2.05, 4.69) is 142 Å². The highest BCUT2D eigenvalue weighted by molar-refractivity contribution is 7.76. The van der Waals surface area contributed by atoms with Crippen LogP contribution in [0.25, 0.3) is 0 Å². The lowest BCUT2D eigenvalue weighted by Gasteiger charge is -2.46. The summed E-state index contributed by atoms with van der Waals surface area (Å²) in [6.45, 7) is 30.5. The van der Waals surface area contributed by atoms with Crippen LogP contribution in [0.2, 0.25) is 0 Å². The van der Waals surface area contributed by atoms with E-state index in [0.717, 1.165) is 16.4 Å². The molecule has 0 bridgehead atoms. The van der Waals surface area contributed by atoms with Gasteiger partial charge in [0, 0.05) is 22.8 Å². The monoisotopic (exact) mass is 536 g/mol. The summed E-state index contributed by atoms with van der Waals surface area (Å²) in [6, 6.07) is 9.55. The first-order valence-electron chi connectivity index (χ1n) is 14.0. The van der Waals surface area contributed by atoms with Crippen LogP contribution in [0, 0.1) is 41.5 Å². The number of rotatable bonds is 10. The molecule has 0 aliphatic carbocycles. The highest BCUT2D eigenvalue weighted by Crippen LogP contribution is 2.55. The lowest BCUT2D eigenvalue weighted by Crippen LogP contribution is -2.58. The molecule has 1 atom stereocenters. The molecule has 0 fully saturated rings. The minimum atomic E-state index is -2.95. The van der Waals surface area contributed by atoms with Crippen LogP contribution in [0.1, 0.15) is 88.8 Å². The van der Waals surface area contributed by atoms with Crippen LogP contribution >= 0.6 is 7.26 Å². The third-order valence-electron chi connectivity index (χ3n) is 7.22. The van der Waals surface area contributed by atoms with Crippen LogP contribution in [0.4, 0.5) is 0 Å². The summed E-state index contributed by atoms with van der Waals surface area (Å²) in [4.78, 5) is 14.9. The van der Waals surface area contributed by atoms with Crippen molar-refractivity contribution in [1.82, 2.24) is 9.48 Å². The van der Waals surface area contributed by atoms with Crippen LogP contribution in [0.15, 0.2) is 24.3 Å². The summed E-state index contributed by atoms with van der Waals surface area (Å²) in [6.07, 6.45) is 0. The van der Waals surface area contributed by atoms with Gasteiger partial charge in [-0.2, -0.15) is 0 Å². The third-order valence-corrected chi connectivity index (χ3v) is 11.0. The molecule has 0 aromatic heterocycles. The number of benzene rings is 2. The Bertz CT molecular complexity index is 1190. The van der Waals surface area contributed by atoms with Crippen molar-refractivity contribution in [3.05, 3.63) is 57.6 Å². The van der Waals surface area contributed by atoms with Gasteiger partial charge in [0.2, 0.25) is 0 Å². The minimum absolute atomic E-state index is 0.122. The van der Waals surface area contributed by atoms with E-state index in [-0.39, 0.29) is 31.2 Å². The van der Waals surface area contributed by atoms with E-state index in [1.807, 2.05) is 0 Å². The minimum Gasteiger partial charge on any atom is -0.375 e. The number of carbonyl (C=O) groups excluding carboxylic acids is 1. The zero-order valence-electron chi connectivity index (χ0n) is 26.4. The van der Waals surface area contributed by atoms with Crippen molar-refractivity contribution < 1.29 is 9.24 Å². The molecule has 2 aromatic rings. The normalized spacial score (nSPS) is 13.6. The summed E-state index contributed by atoms with van der Waals surface area (Å²) in [7, 11) is -3.32. The molecule has 0 saturated carbocycles. The first-order chi connectivity index (χ1) is 17.6. The van der Waals surface area contributed by atoms with Gasteiger partial charge in [0.1, 0.15) is 7.26 Å². The van der Waals surface area contributed by atoms with E-state index >= 15 is 0 Å². The smallest absolute Gasteiger partial charge is 0.375 e. The maximum atomic E-state index is 12.4. The van der Waals surface area contributed by atoms with Gasteiger partial charge < -0.3 is 9.25 Å². The molecule has 0 heterocycles. The molecule has 0 N–H and O–H groups in total. The summed E-state index contributed by atoms with van der Waals surface area (Å²) >= 11 is 0. The van der Waals surface area contributed by atoms with E-state index in [9.17, 15) is 4.79 Å². The Morgan fingerprint density at radius 3 is 1.42 bits per heavy atom. The molecule has 0 radical (unpaired) electrons. The quantitative estimate of drug-likeness (QED) is 0.199. The van der Waals surface area contributed by atoms with Gasteiger partial charge >= 0.3 is 7.05 Å². The van der Waals surface area contributed by atoms with Crippen molar-refractivity contribution >= 4 is 36.5 Å². The van der Waals surface area contributed by atoms with Crippen molar-refractivity contribution in [2.45, 2.75) is 121 Å². The number of hydrogen-bond acceptors (Lipinski definition) is 4. The maximum absolute atomic E-state index is 12.4. The van der Waals surface area contributed by atoms with Crippen LogP contribution in [0.5, 0.6) is 0 Å². The van der Waals surface area contributed by atoms with Gasteiger partial charge in [0.05, 0.1) is 0 Å². The highest BCUT2D eigenvalue weighted by Gasteiger charge is 2.44. The Morgan fingerprint density at radius 1 is 0.684 bits per heavy atom. The Hall–Kier alpha value is -1.83. The van der Waals surface area contributed by atoms with Gasteiger partial charge in [-0.25, -0.2) is 9.46 Å². The largest absolute Gasteiger partial charge is 0.424 e. The average molecular weight is 537 g/mol. The Kier molecular flexibility index (Phi) is 11.1. The highest BCUT2D eigenvalue weighted by atomic mass is 31.2. The van der Waals surface area contributed by atoms with E-state index < -0.39 is 7.26 Å². The molecule has 2 aromatic carbocycles. The van der Waals surface area contributed by atoms with Gasteiger partial charge in [0.25, 0.3) is 0 Å². The van der Waals surface area contributed by atoms with Crippen LogP contribution in [0.3, 0.4) is 0 Å². The van der Waals surface area contributed by atoms with Gasteiger partial charge in [-0.1, -0.05) is 74.2 Å². The molecule has 0 saturated heterocycles. The molecule has 0 aliphatic rings. The van der Waals surface area contributed by atoms with Gasteiger partial charge in [-0.05, 0) is 97.9 Å². The predicted octanol–water partition coefficient (Wildman–Crippen LogP) is 6.45. The lowest BCUT2D eigenvalue weighted by molar-refractivity contribution is 0.261. The molecule has 6 heteroatoms. The lowest BCUT2D eigenvalue weighted by atomic mass is 9.65. The second-order valence-corrected chi connectivity index (χ2v) is 14.5. The molecule has 1 unspecified atom stereocenters. The Morgan fingerprint density at radius 2 is 1.08 bits per heavy atom. The van der Waals surface area contributed by atoms with Gasteiger partial charge in [-0.15, -0.1) is 0 Å².